The van der Waals surface area contributed by atoms with E-state index in [2.05, 4.69) is 21.7 Å². The molecule has 5 aromatic heterocycles. The van der Waals surface area contributed by atoms with Crippen molar-refractivity contribution in [3.8, 4) is 34.4 Å². The smallest absolute Gasteiger partial charge is 0.213 e. The summed E-state index contributed by atoms with van der Waals surface area (Å²) in [4.78, 5) is 26.1. The highest BCUT2D eigenvalue weighted by atomic mass is 16.5. The van der Waals surface area contributed by atoms with Crippen LogP contribution < -0.4 is 9.47 Å². The van der Waals surface area contributed by atoms with Crippen molar-refractivity contribution in [3.63, 3.8) is 0 Å². The van der Waals surface area contributed by atoms with Crippen molar-refractivity contribution in [1.29, 1.82) is 0 Å². The Labute approximate surface area is 208 Å². The Balaban J connectivity index is 1.55. The molecule has 182 valence electrons. The minimum Gasteiger partial charge on any atom is -0.482 e. The molecule has 36 heavy (non-hydrogen) atoms. The summed E-state index contributed by atoms with van der Waals surface area (Å²) in [5, 5.41) is 1.06. The minimum atomic E-state index is 0.532. The molecule has 5 aromatic rings. The first-order valence-corrected chi connectivity index (χ1v) is 12.1. The SMILES string of the molecule is COc1ccc(-c2ccc3cc(-c4nc5cc(C=O)cc(OC)n5c4C)n(CC4CC4)c3n2)c(C)n1. The number of hydrogen-bond acceptors (Lipinski definition) is 6. The molecule has 0 aromatic carbocycles. The molecule has 0 atom stereocenters. The Bertz CT molecular complexity index is 1640. The van der Waals surface area contributed by atoms with Gasteiger partial charge in [-0.2, -0.15) is 0 Å². The summed E-state index contributed by atoms with van der Waals surface area (Å²) in [5.74, 6) is 1.81. The van der Waals surface area contributed by atoms with Gasteiger partial charge in [-0.3, -0.25) is 9.20 Å². The Hall–Kier alpha value is -4.20. The number of pyridine rings is 3. The average Bonchev–Trinajstić information content (AvgIpc) is 3.57. The summed E-state index contributed by atoms with van der Waals surface area (Å²) in [6, 6.07) is 13.7. The van der Waals surface area contributed by atoms with E-state index in [0.717, 1.165) is 57.9 Å². The second kappa shape index (κ2) is 8.48. The first kappa shape index (κ1) is 22.3. The summed E-state index contributed by atoms with van der Waals surface area (Å²) in [7, 11) is 3.22. The third kappa shape index (κ3) is 3.61. The molecule has 6 rings (SSSR count). The van der Waals surface area contributed by atoms with Gasteiger partial charge in [0.15, 0.2) is 5.88 Å². The van der Waals surface area contributed by atoms with Crippen molar-refractivity contribution in [2.75, 3.05) is 14.2 Å². The third-order valence-corrected chi connectivity index (χ3v) is 6.95. The molecule has 0 saturated heterocycles. The number of methoxy groups -OCH3 is 2. The predicted molar refractivity (Wildman–Crippen MR) is 138 cm³/mol. The predicted octanol–water partition coefficient (Wildman–Crippen LogP) is 5.27. The molecule has 1 aliphatic carbocycles. The molecule has 5 heterocycles. The van der Waals surface area contributed by atoms with Crippen molar-refractivity contribution in [1.82, 2.24) is 23.9 Å². The molecule has 0 amide bonds. The van der Waals surface area contributed by atoms with Gasteiger partial charge in [0.1, 0.15) is 23.3 Å². The van der Waals surface area contributed by atoms with Crippen molar-refractivity contribution < 1.29 is 14.3 Å². The Morgan fingerprint density at radius 2 is 1.83 bits per heavy atom. The molecule has 0 radical (unpaired) electrons. The van der Waals surface area contributed by atoms with Gasteiger partial charge in [0.25, 0.3) is 0 Å². The molecule has 1 saturated carbocycles. The number of carbonyl (C=O) groups excluding carboxylic acids is 1. The van der Waals surface area contributed by atoms with E-state index in [-0.39, 0.29) is 0 Å². The van der Waals surface area contributed by atoms with Gasteiger partial charge < -0.3 is 14.0 Å². The molecular weight excluding hydrogens is 454 g/mol. The lowest BCUT2D eigenvalue weighted by Gasteiger charge is -2.11. The highest BCUT2D eigenvalue weighted by molar-refractivity contribution is 5.87. The molecule has 0 bridgehead atoms. The molecule has 8 nitrogen and oxygen atoms in total. The van der Waals surface area contributed by atoms with E-state index in [1.54, 1.807) is 26.4 Å². The zero-order valence-corrected chi connectivity index (χ0v) is 20.8. The van der Waals surface area contributed by atoms with E-state index >= 15 is 0 Å². The van der Waals surface area contributed by atoms with Crippen LogP contribution in [0, 0.1) is 19.8 Å². The van der Waals surface area contributed by atoms with Gasteiger partial charge in [-0.25, -0.2) is 15.0 Å². The van der Waals surface area contributed by atoms with Gasteiger partial charge in [-0.15, -0.1) is 0 Å². The van der Waals surface area contributed by atoms with E-state index in [0.29, 0.717) is 28.9 Å². The number of nitrogens with zero attached hydrogens (tertiary/aromatic N) is 5. The van der Waals surface area contributed by atoms with Gasteiger partial charge >= 0.3 is 0 Å². The summed E-state index contributed by atoms with van der Waals surface area (Å²) < 4.78 is 15.1. The Morgan fingerprint density at radius 3 is 2.53 bits per heavy atom. The molecule has 0 unspecified atom stereocenters. The van der Waals surface area contributed by atoms with Gasteiger partial charge in [0.05, 0.1) is 37.0 Å². The lowest BCUT2D eigenvalue weighted by atomic mass is 10.1. The van der Waals surface area contributed by atoms with Crippen LogP contribution in [0.2, 0.25) is 0 Å². The van der Waals surface area contributed by atoms with Crippen LogP contribution in [0.3, 0.4) is 0 Å². The fourth-order valence-corrected chi connectivity index (χ4v) is 4.90. The third-order valence-electron chi connectivity index (χ3n) is 6.95. The number of ether oxygens (including phenoxy) is 2. The quantitative estimate of drug-likeness (QED) is 0.295. The van der Waals surface area contributed by atoms with Crippen LogP contribution in [-0.2, 0) is 6.54 Å². The van der Waals surface area contributed by atoms with Gasteiger partial charge in [-0.1, -0.05) is 0 Å². The van der Waals surface area contributed by atoms with E-state index in [1.165, 1.54) is 12.8 Å². The maximum absolute atomic E-state index is 11.5. The first-order chi connectivity index (χ1) is 17.5. The Kier molecular flexibility index (Phi) is 5.25. The van der Waals surface area contributed by atoms with Crippen LogP contribution in [-0.4, -0.2) is 44.4 Å². The molecule has 1 aliphatic rings. The van der Waals surface area contributed by atoms with Crippen LogP contribution in [0.5, 0.6) is 11.8 Å². The molecule has 8 heteroatoms. The number of aldehydes is 1. The average molecular weight is 482 g/mol. The number of hydrogen-bond donors (Lipinski definition) is 0. The maximum atomic E-state index is 11.5. The number of imidazole rings is 1. The summed E-state index contributed by atoms with van der Waals surface area (Å²) in [6.07, 6.45) is 3.26. The highest BCUT2D eigenvalue weighted by Crippen LogP contribution is 2.37. The fourth-order valence-electron chi connectivity index (χ4n) is 4.90. The minimum absolute atomic E-state index is 0.532. The topological polar surface area (TPSA) is 83.5 Å². The fraction of sp³-hybridized carbons (Fsp3) is 0.286. The summed E-state index contributed by atoms with van der Waals surface area (Å²) in [6.45, 7) is 4.89. The van der Waals surface area contributed by atoms with Crippen LogP contribution in [0.1, 0.15) is 34.6 Å². The van der Waals surface area contributed by atoms with Gasteiger partial charge in [-0.05, 0) is 62.9 Å². The molecule has 1 fully saturated rings. The Morgan fingerprint density at radius 1 is 1.00 bits per heavy atom. The van der Waals surface area contributed by atoms with E-state index < -0.39 is 0 Å². The monoisotopic (exact) mass is 481 g/mol. The number of fused-ring (bicyclic) bond motifs is 2. The number of carbonyl (C=O) groups is 1. The normalized spacial score (nSPS) is 13.4. The lowest BCUT2D eigenvalue weighted by Crippen LogP contribution is -2.04. The van der Waals surface area contributed by atoms with E-state index in [1.807, 2.05) is 36.4 Å². The summed E-state index contributed by atoms with van der Waals surface area (Å²) >= 11 is 0. The standard InChI is InChI=1S/C28H27N5O3/c1-16-21(8-10-25(29-16)35-3)22-9-7-20-13-23(32(28(20)30-22)14-18-5-6-18)27-17(2)33-24(31-27)11-19(15-34)12-26(33)36-4/h7-13,15,18H,5-6,14H2,1-4H3. The zero-order chi connectivity index (χ0) is 25.0. The van der Waals surface area contributed by atoms with Crippen molar-refractivity contribution >= 4 is 23.0 Å². The van der Waals surface area contributed by atoms with Crippen molar-refractivity contribution in [3.05, 3.63) is 59.4 Å². The second-order valence-corrected chi connectivity index (χ2v) is 9.37. The van der Waals surface area contributed by atoms with Crippen LogP contribution in [0.25, 0.3) is 39.3 Å². The van der Waals surface area contributed by atoms with Gasteiger partial charge in [0, 0.05) is 35.2 Å². The van der Waals surface area contributed by atoms with Crippen LogP contribution in [0.15, 0.2) is 42.5 Å². The number of rotatable bonds is 7. The number of aryl methyl sites for hydroxylation is 2. The van der Waals surface area contributed by atoms with Crippen LogP contribution in [0.4, 0.5) is 0 Å². The second-order valence-electron chi connectivity index (χ2n) is 9.37. The molecule has 0 N–H and O–H groups in total. The molecular formula is C28H27N5O3. The van der Waals surface area contributed by atoms with E-state index in [9.17, 15) is 4.79 Å². The number of aromatic nitrogens is 5. The summed E-state index contributed by atoms with van der Waals surface area (Å²) in [5.41, 5.74) is 7.70. The molecule has 0 spiro atoms. The first-order valence-electron chi connectivity index (χ1n) is 12.1. The largest absolute Gasteiger partial charge is 0.482 e. The highest BCUT2D eigenvalue weighted by Gasteiger charge is 2.26. The molecule has 0 aliphatic heterocycles. The van der Waals surface area contributed by atoms with Crippen molar-refractivity contribution in [2.24, 2.45) is 5.92 Å². The van der Waals surface area contributed by atoms with Gasteiger partial charge in [0.2, 0.25) is 5.88 Å². The van der Waals surface area contributed by atoms with Crippen LogP contribution >= 0.6 is 0 Å². The van der Waals surface area contributed by atoms with Crippen molar-refractivity contribution in [2.45, 2.75) is 33.2 Å². The zero-order valence-electron chi connectivity index (χ0n) is 20.8. The lowest BCUT2D eigenvalue weighted by molar-refractivity contribution is 0.112. The maximum Gasteiger partial charge on any atom is 0.213 e. The van der Waals surface area contributed by atoms with E-state index in [4.69, 9.17) is 19.4 Å².